The van der Waals surface area contributed by atoms with Crippen LogP contribution in [0, 0.1) is 5.92 Å². The first-order chi connectivity index (χ1) is 25.0. The molecule has 6 nitrogen and oxygen atoms in total. The summed E-state index contributed by atoms with van der Waals surface area (Å²) in [4.78, 5) is 14.7. The molecule has 1 aliphatic carbocycles. The Bertz CT molecular complexity index is 654. The first-order valence-corrected chi connectivity index (χ1v) is 23.5. The van der Waals surface area contributed by atoms with E-state index in [9.17, 15) is 0 Å². The molecule has 348 valence electrons. The predicted molar refractivity (Wildman–Crippen MR) is 265 cm³/mol. The van der Waals surface area contributed by atoms with Crippen molar-refractivity contribution in [3.8, 4) is 0 Å². The van der Waals surface area contributed by atoms with Crippen LogP contribution in [-0.4, -0.2) is 142 Å². The monoisotopic (exact) mass is 803 g/mol. The zero-order valence-electron chi connectivity index (χ0n) is 44.1. The lowest BCUT2D eigenvalue weighted by molar-refractivity contribution is 0.116. The highest BCUT2D eigenvalue weighted by Gasteiger charge is 2.23. The van der Waals surface area contributed by atoms with Gasteiger partial charge in [-0.1, -0.05) is 34.6 Å². The molecule has 0 heterocycles. The molecule has 0 saturated heterocycles. The number of hydrogen-bond acceptors (Lipinski definition) is 6. The molecule has 0 aromatic carbocycles. The van der Waals surface area contributed by atoms with Gasteiger partial charge in [-0.2, -0.15) is 0 Å². The molecular formula is C50H118N6. The molecule has 1 rings (SSSR count). The van der Waals surface area contributed by atoms with E-state index in [-0.39, 0.29) is 7.43 Å². The van der Waals surface area contributed by atoms with Gasteiger partial charge in [-0.3, -0.25) is 19.6 Å². The maximum Gasteiger partial charge on any atom is 0.00414 e. The maximum atomic E-state index is 2.61. The van der Waals surface area contributed by atoms with E-state index < -0.39 is 0 Å². The third-order valence-electron chi connectivity index (χ3n) is 11.4. The lowest BCUT2D eigenvalue weighted by Crippen LogP contribution is -2.41. The third-order valence-corrected chi connectivity index (χ3v) is 11.4. The highest BCUT2D eigenvalue weighted by molar-refractivity contribution is 4.77. The van der Waals surface area contributed by atoms with Crippen LogP contribution in [0.15, 0.2) is 0 Å². The fraction of sp³-hybridized carbons (Fsp3) is 1.00. The van der Waals surface area contributed by atoms with E-state index in [0.29, 0.717) is 72.5 Å². The normalized spacial score (nSPS) is 13.3. The van der Waals surface area contributed by atoms with Gasteiger partial charge in [-0.05, 0) is 219 Å². The molecule has 0 unspecified atom stereocenters. The van der Waals surface area contributed by atoms with Crippen molar-refractivity contribution < 1.29 is 0 Å². The van der Waals surface area contributed by atoms with Crippen LogP contribution in [0.1, 0.15) is 214 Å². The van der Waals surface area contributed by atoms with E-state index in [0.717, 1.165) is 25.6 Å². The fourth-order valence-electron chi connectivity index (χ4n) is 7.16. The smallest absolute Gasteiger partial charge is 0.00414 e. The summed E-state index contributed by atoms with van der Waals surface area (Å²) in [5.41, 5.74) is 0. The van der Waals surface area contributed by atoms with Crippen molar-refractivity contribution in [1.82, 2.24) is 29.4 Å². The van der Waals surface area contributed by atoms with Crippen LogP contribution >= 0.6 is 0 Å². The molecule has 6 heteroatoms. The standard InChI is InChI=1S/C11H23N.3C8H19N.2C7H17N.CH4/c1-9(2)12(10(3)4)8-11-6-5-7-11;3*1-6-9(7(2)3)8(4)5;2*1-6(2)8(5)7(3)4;/h9-11H,5-8H2,1-4H3;3*7-8H,6H2,1-5H3;2*6-7H,1-5H3;1H4. The van der Waals surface area contributed by atoms with Gasteiger partial charge in [0.1, 0.15) is 0 Å². The minimum Gasteiger partial charge on any atom is -0.302 e. The van der Waals surface area contributed by atoms with Gasteiger partial charge in [0.2, 0.25) is 0 Å². The third kappa shape index (κ3) is 36.8. The fourth-order valence-corrected chi connectivity index (χ4v) is 7.16. The zero-order chi connectivity index (χ0) is 44.9. The number of hydrogen-bond donors (Lipinski definition) is 0. The summed E-state index contributed by atoms with van der Waals surface area (Å²) in [7, 11) is 4.30. The molecule has 0 radical (unpaired) electrons. The average molecular weight is 804 g/mol. The van der Waals surface area contributed by atoms with Crippen LogP contribution in [0.25, 0.3) is 0 Å². The molecule has 1 aliphatic rings. The van der Waals surface area contributed by atoms with E-state index >= 15 is 0 Å². The van der Waals surface area contributed by atoms with Crippen molar-refractivity contribution in [3.05, 3.63) is 0 Å². The van der Waals surface area contributed by atoms with Crippen LogP contribution in [0.2, 0.25) is 0 Å². The van der Waals surface area contributed by atoms with Crippen molar-refractivity contribution in [2.75, 3.05) is 40.3 Å². The zero-order valence-corrected chi connectivity index (χ0v) is 44.1. The lowest BCUT2D eigenvalue weighted by Gasteiger charge is -2.37. The highest BCUT2D eigenvalue weighted by Crippen LogP contribution is 2.28. The Labute approximate surface area is 360 Å². The van der Waals surface area contributed by atoms with Crippen LogP contribution < -0.4 is 0 Å². The van der Waals surface area contributed by atoms with Gasteiger partial charge in [0.05, 0.1) is 0 Å². The number of rotatable bonds is 17. The lowest BCUT2D eigenvalue weighted by atomic mass is 9.84. The van der Waals surface area contributed by atoms with Crippen LogP contribution in [0.5, 0.6) is 0 Å². The van der Waals surface area contributed by atoms with Gasteiger partial charge >= 0.3 is 0 Å². The Morgan fingerprint density at radius 3 is 0.554 bits per heavy atom. The summed E-state index contributed by atoms with van der Waals surface area (Å²) >= 11 is 0. The van der Waals surface area contributed by atoms with Gasteiger partial charge in [0, 0.05) is 79.0 Å². The van der Waals surface area contributed by atoms with Crippen molar-refractivity contribution in [3.63, 3.8) is 0 Å². The SMILES string of the molecule is C.CC(C)N(C)C(C)C.CC(C)N(C)C(C)C.CC(C)N(CC1CCC1)C(C)C.CCN(C(C)C)C(C)C.CCN(C(C)C)C(C)C.CCN(C(C)C)C(C)C. The molecule has 0 aliphatic heterocycles. The quantitative estimate of drug-likeness (QED) is 0.145. The van der Waals surface area contributed by atoms with Gasteiger partial charge in [0.15, 0.2) is 0 Å². The van der Waals surface area contributed by atoms with Gasteiger partial charge < -0.3 is 9.80 Å². The molecular weight excluding hydrogens is 685 g/mol. The Kier molecular flexibility index (Phi) is 46.9. The van der Waals surface area contributed by atoms with Gasteiger partial charge in [-0.25, -0.2) is 0 Å². The molecule has 1 saturated carbocycles. The van der Waals surface area contributed by atoms with Crippen LogP contribution in [-0.2, 0) is 0 Å². The Balaban J connectivity index is -0.000000134. The summed E-state index contributed by atoms with van der Waals surface area (Å²) in [5.74, 6) is 1.01. The Morgan fingerprint density at radius 2 is 0.500 bits per heavy atom. The topological polar surface area (TPSA) is 19.4 Å². The number of nitrogens with zero attached hydrogens (tertiary/aromatic N) is 6. The predicted octanol–water partition coefficient (Wildman–Crippen LogP) is 13.4. The second-order valence-electron chi connectivity index (χ2n) is 19.4. The van der Waals surface area contributed by atoms with E-state index in [2.05, 4.69) is 230 Å². The summed E-state index contributed by atoms with van der Waals surface area (Å²) in [6.07, 6.45) is 4.40. The largest absolute Gasteiger partial charge is 0.302 e. The van der Waals surface area contributed by atoms with Crippen LogP contribution in [0.3, 0.4) is 0 Å². The molecule has 0 aromatic rings. The maximum absolute atomic E-state index is 2.61. The Morgan fingerprint density at radius 1 is 0.321 bits per heavy atom. The van der Waals surface area contributed by atoms with E-state index in [1.165, 1.54) is 25.8 Å². The molecule has 0 atom stereocenters. The molecule has 0 N–H and O–H groups in total. The summed E-state index contributed by atoms with van der Waals surface area (Å²) < 4.78 is 0. The van der Waals surface area contributed by atoms with Crippen molar-refractivity contribution in [2.45, 2.75) is 286 Å². The van der Waals surface area contributed by atoms with E-state index in [4.69, 9.17) is 0 Å². The summed E-state index contributed by atoms with van der Waals surface area (Å²) in [6, 6.07) is 8.27. The molecule has 0 bridgehead atoms. The van der Waals surface area contributed by atoms with Crippen molar-refractivity contribution in [1.29, 1.82) is 0 Å². The second-order valence-corrected chi connectivity index (χ2v) is 19.4. The molecule has 56 heavy (non-hydrogen) atoms. The first-order valence-electron chi connectivity index (χ1n) is 23.5. The summed E-state index contributed by atoms with van der Waals surface area (Å²) in [5, 5.41) is 0. The van der Waals surface area contributed by atoms with E-state index in [1.54, 1.807) is 0 Å². The van der Waals surface area contributed by atoms with Crippen molar-refractivity contribution in [2.24, 2.45) is 5.92 Å². The minimum atomic E-state index is 0. The van der Waals surface area contributed by atoms with Crippen molar-refractivity contribution >= 4 is 0 Å². The van der Waals surface area contributed by atoms with E-state index in [1.807, 2.05) is 0 Å². The minimum absolute atomic E-state index is 0. The molecule has 0 amide bonds. The average Bonchev–Trinajstić information content (AvgIpc) is 3.00. The molecule has 1 fully saturated rings. The Hall–Kier alpha value is -0.240. The van der Waals surface area contributed by atoms with Gasteiger partial charge in [0.25, 0.3) is 0 Å². The molecule has 0 aromatic heterocycles. The second kappa shape index (κ2) is 38.9. The van der Waals surface area contributed by atoms with Gasteiger partial charge in [-0.15, -0.1) is 0 Å². The highest BCUT2D eigenvalue weighted by atomic mass is 15.2. The van der Waals surface area contributed by atoms with Crippen LogP contribution in [0.4, 0.5) is 0 Å². The molecule has 0 spiro atoms. The first kappa shape index (κ1) is 67.5. The summed E-state index contributed by atoms with van der Waals surface area (Å²) in [6.45, 7) is 65.2.